The van der Waals surface area contributed by atoms with Gasteiger partial charge in [0, 0.05) is 29.6 Å². The van der Waals surface area contributed by atoms with E-state index in [-0.39, 0.29) is 0 Å². The first-order valence-corrected chi connectivity index (χ1v) is 7.15. The average Bonchev–Trinajstić information content (AvgIpc) is 2.44. The lowest BCUT2D eigenvalue weighted by Gasteiger charge is -2.17. The number of rotatable bonds is 5. The molecule has 4 nitrogen and oxygen atoms in total. The van der Waals surface area contributed by atoms with Crippen molar-refractivity contribution in [2.75, 3.05) is 11.9 Å². The number of aromatic nitrogens is 3. The molecule has 0 atom stereocenters. The monoisotopic (exact) mass is 270 g/mol. The maximum atomic E-state index is 4.50. The number of aryl methyl sites for hydroxylation is 1. The smallest absolute Gasteiger partial charge is 0.133 e. The second-order valence-corrected chi connectivity index (χ2v) is 5.25. The minimum atomic E-state index is 0.360. The highest BCUT2D eigenvalue weighted by Crippen LogP contribution is 2.31. The second kappa shape index (κ2) is 6.46. The summed E-state index contributed by atoms with van der Waals surface area (Å²) >= 11 is 0. The van der Waals surface area contributed by atoms with E-state index in [9.17, 15) is 0 Å². The number of nitrogens with one attached hydrogen (secondary N) is 1. The van der Waals surface area contributed by atoms with E-state index in [4.69, 9.17) is 0 Å². The van der Waals surface area contributed by atoms with Gasteiger partial charge in [-0.05, 0) is 31.4 Å². The minimum absolute atomic E-state index is 0.360. The van der Waals surface area contributed by atoms with Crippen LogP contribution in [0.15, 0.2) is 24.7 Å². The molecule has 0 spiro atoms. The summed E-state index contributed by atoms with van der Waals surface area (Å²) in [4.78, 5) is 13.2. The van der Waals surface area contributed by atoms with Crippen LogP contribution >= 0.6 is 0 Å². The highest BCUT2D eigenvalue weighted by molar-refractivity contribution is 5.69. The summed E-state index contributed by atoms with van der Waals surface area (Å²) < 4.78 is 0. The SMILES string of the molecule is CCCNc1ncnc(-c2ccnc(C)c2)c1C(C)C. The molecule has 0 saturated heterocycles. The highest BCUT2D eigenvalue weighted by atomic mass is 15.0. The molecule has 0 unspecified atom stereocenters. The van der Waals surface area contributed by atoms with Gasteiger partial charge in [-0.1, -0.05) is 20.8 Å². The van der Waals surface area contributed by atoms with Crippen LogP contribution in [0.3, 0.4) is 0 Å². The fourth-order valence-electron chi connectivity index (χ4n) is 2.25. The molecular formula is C16H22N4. The third-order valence-electron chi connectivity index (χ3n) is 3.17. The minimum Gasteiger partial charge on any atom is -0.370 e. The summed E-state index contributed by atoms with van der Waals surface area (Å²) in [5.41, 5.74) is 4.27. The molecule has 0 amide bonds. The fourth-order valence-corrected chi connectivity index (χ4v) is 2.25. The zero-order valence-electron chi connectivity index (χ0n) is 12.6. The second-order valence-electron chi connectivity index (χ2n) is 5.25. The van der Waals surface area contributed by atoms with Crippen molar-refractivity contribution in [3.8, 4) is 11.3 Å². The van der Waals surface area contributed by atoms with E-state index in [1.165, 1.54) is 5.56 Å². The van der Waals surface area contributed by atoms with Crippen LogP contribution in [0, 0.1) is 6.92 Å². The van der Waals surface area contributed by atoms with Gasteiger partial charge < -0.3 is 5.32 Å². The molecule has 0 fully saturated rings. The van der Waals surface area contributed by atoms with Crippen LogP contribution in [0.25, 0.3) is 11.3 Å². The topological polar surface area (TPSA) is 50.7 Å². The lowest BCUT2D eigenvalue weighted by Crippen LogP contribution is -2.09. The summed E-state index contributed by atoms with van der Waals surface area (Å²) in [6.45, 7) is 9.42. The third kappa shape index (κ3) is 3.13. The van der Waals surface area contributed by atoms with Crippen LogP contribution in [-0.4, -0.2) is 21.5 Å². The normalized spacial score (nSPS) is 10.8. The lowest BCUT2D eigenvalue weighted by atomic mass is 9.97. The Morgan fingerprint density at radius 1 is 1.20 bits per heavy atom. The van der Waals surface area contributed by atoms with Crippen LogP contribution in [0.4, 0.5) is 5.82 Å². The van der Waals surface area contributed by atoms with Crippen molar-refractivity contribution >= 4 is 5.82 Å². The first kappa shape index (κ1) is 14.4. The number of pyridine rings is 1. The third-order valence-corrected chi connectivity index (χ3v) is 3.17. The predicted molar refractivity (Wildman–Crippen MR) is 82.9 cm³/mol. The summed E-state index contributed by atoms with van der Waals surface area (Å²) in [6, 6.07) is 4.07. The van der Waals surface area contributed by atoms with Gasteiger partial charge in [0.05, 0.1) is 5.69 Å². The molecule has 4 heteroatoms. The molecule has 106 valence electrons. The van der Waals surface area contributed by atoms with E-state index in [2.05, 4.69) is 47.1 Å². The van der Waals surface area contributed by atoms with Crippen molar-refractivity contribution in [2.45, 2.75) is 40.0 Å². The summed E-state index contributed by atoms with van der Waals surface area (Å²) in [7, 11) is 0. The van der Waals surface area contributed by atoms with Crippen molar-refractivity contribution in [2.24, 2.45) is 0 Å². The largest absolute Gasteiger partial charge is 0.370 e. The maximum absolute atomic E-state index is 4.50. The Morgan fingerprint density at radius 3 is 2.65 bits per heavy atom. The molecule has 0 aliphatic heterocycles. The molecule has 0 aliphatic rings. The van der Waals surface area contributed by atoms with Crippen LogP contribution < -0.4 is 5.32 Å². The number of nitrogens with zero attached hydrogens (tertiary/aromatic N) is 3. The molecule has 0 bridgehead atoms. The van der Waals surface area contributed by atoms with Gasteiger partial charge in [0.1, 0.15) is 12.1 Å². The van der Waals surface area contributed by atoms with E-state index in [1.54, 1.807) is 6.33 Å². The molecule has 20 heavy (non-hydrogen) atoms. The van der Waals surface area contributed by atoms with E-state index >= 15 is 0 Å². The molecule has 0 aromatic carbocycles. The standard InChI is InChI=1S/C16H22N4/c1-5-7-18-16-14(11(2)3)15(19-10-20-16)13-6-8-17-12(4)9-13/h6,8-11H,5,7H2,1-4H3,(H,18,19,20). The van der Waals surface area contributed by atoms with Crippen molar-refractivity contribution in [3.63, 3.8) is 0 Å². The molecule has 1 N–H and O–H groups in total. The van der Waals surface area contributed by atoms with E-state index < -0.39 is 0 Å². The van der Waals surface area contributed by atoms with Crippen molar-refractivity contribution in [1.29, 1.82) is 0 Å². The highest BCUT2D eigenvalue weighted by Gasteiger charge is 2.16. The summed E-state index contributed by atoms with van der Waals surface area (Å²) in [5, 5.41) is 3.40. The zero-order chi connectivity index (χ0) is 14.5. The van der Waals surface area contributed by atoms with E-state index in [1.807, 2.05) is 19.2 Å². The van der Waals surface area contributed by atoms with E-state index in [0.29, 0.717) is 5.92 Å². The molecule has 0 radical (unpaired) electrons. The molecular weight excluding hydrogens is 248 g/mol. The van der Waals surface area contributed by atoms with Gasteiger partial charge in [0.2, 0.25) is 0 Å². The average molecular weight is 270 g/mol. The quantitative estimate of drug-likeness (QED) is 0.898. The van der Waals surface area contributed by atoms with Gasteiger partial charge in [-0.25, -0.2) is 9.97 Å². The zero-order valence-corrected chi connectivity index (χ0v) is 12.6. The van der Waals surface area contributed by atoms with Crippen LogP contribution in [0.2, 0.25) is 0 Å². The van der Waals surface area contributed by atoms with Gasteiger partial charge in [-0.3, -0.25) is 4.98 Å². The van der Waals surface area contributed by atoms with Gasteiger partial charge in [0.25, 0.3) is 0 Å². The molecule has 0 saturated carbocycles. The van der Waals surface area contributed by atoms with Crippen LogP contribution in [0.1, 0.15) is 44.4 Å². The van der Waals surface area contributed by atoms with Crippen molar-refractivity contribution in [1.82, 2.24) is 15.0 Å². The Labute approximate surface area is 120 Å². The molecule has 2 rings (SSSR count). The Balaban J connectivity index is 2.52. The van der Waals surface area contributed by atoms with Crippen molar-refractivity contribution < 1.29 is 0 Å². The van der Waals surface area contributed by atoms with Gasteiger partial charge >= 0.3 is 0 Å². The van der Waals surface area contributed by atoms with E-state index in [0.717, 1.165) is 35.7 Å². The molecule has 2 aromatic rings. The molecule has 2 aromatic heterocycles. The number of anilines is 1. The number of hydrogen-bond donors (Lipinski definition) is 1. The van der Waals surface area contributed by atoms with Gasteiger partial charge in [0.15, 0.2) is 0 Å². The predicted octanol–water partition coefficient (Wildman–Crippen LogP) is 3.79. The Kier molecular flexibility index (Phi) is 4.66. The van der Waals surface area contributed by atoms with Gasteiger partial charge in [-0.15, -0.1) is 0 Å². The number of hydrogen-bond acceptors (Lipinski definition) is 4. The fraction of sp³-hybridized carbons (Fsp3) is 0.438. The lowest BCUT2D eigenvalue weighted by molar-refractivity contribution is 0.844. The van der Waals surface area contributed by atoms with Gasteiger partial charge in [-0.2, -0.15) is 0 Å². The Hall–Kier alpha value is -1.97. The van der Waals surface area contributed by atoms with Crippen molar-refractivity contribution in [3.05, 3.63) is 35.9 Å². The van der Waals surface area contributed by atoms with Crippen LogP contribution in [-0.2, 0) is 0 Å². The first-order chi connectivity index (χ1) is 9.63. The Morgan fingerprint density at radius 2 is 2.00 bits per heavy atom. The van der Waals surface area contributed by atoms with Crippen LogP contribution in [0.5, 0.6) is 0 Å². The molecule has 0 aliphatic carbocycles. The molecule has 2 heterocycles. The Bertz CT molecular complexity index is 578. The maximum Gasteiger partial charge on any atom is 0.133 e. The summed E-state index contributed by atoms with van der Waals surface area (Å²) in [6.07, 6.45) is 4.54. The first-order valence-electron chi connectivity index (χ1n) is 7.15. The summed E-state index contributed by atoms with van der Waals surface area (Å²) in [5.74, 6) is 1.31.